The quantitative estimate of drug-likeness (QED) is 0.608. The average molecular weight is 265 g/mol. The second-order valence-electron chi connectivity index (χ2n) is 4.68. The van der Waals surface area contributed by atoms with Gasteiger partial charge < -0.3 is 11.1 Å². The molecule has 1 aromatic carbocycles. The Morgan fingerprint density at radius 3 is 2.74 bits per heavy atom. The second-order valence-corrected chi connectivity index (χ2v) is 4.68. The van der Waals surface area contributed by atoms with Gasteiger partial charge in [-0.2, -0.15) is 0 Å². The summed E-state index contributed by atoms with van der Waals surface area (Å²) in [6.45, 7) is 4.28. The van der Waals surface area contributed by atoms with E-state index in [9.17, 15) is 14.9 Å². The third-order valence-electron chi connectivity index (χ3n) is 2.96. The fraction of sp³-hybridized carbons (Fsp3) is 0.462. The predicted molar refractivity (Wildman–Crippen MR) is 73.9 cm³/mol. The average Bonchev–Trinajstić information content (AvgIpc) is 2.38. The maximum atomic E-state index is 11.7. The van der Waals surface area contributed by atoms with Crippen molar-refractivity contribution in [1.29, 1.82) is 0 Å². The lowest BCUT2D eigenvalue weighted by Gasteiger charge is -2.10. The Morgan fingerprint density at radius 1 is 1.53 bits per heavy atom. The molecule has 0 aromatic heterocycles. The number of aryl methyl sites for hydroxylation is 1. The van der Waals surface area contributed by atoms with Crippen LogP contribution in [0.25, 0.3) is 0 Å². The highest BCUT2D eigenvalue weighted by molar-refractivity contribution is 5.91. The first-order valence-corrected chi connectivity index (χ1v) is 6.19. The Balaban J connectivity index is 2.62. The third kappa shape index (κ3) is 4.67. The largest absolute Gasteiger partial charge is 0.330 e. The summed E-state index contributed by atoms with van der Waals surface area (Å²) in [4.78, 5) is 21.9. The van der Waals surface area contributed by atoms with Gasteiger partial charge >= 0.3 is 0 Å². The van der Waals surface area contributed by atoms with Crippen LogP contribution in [0, 0.1) is 23.0 Å². The van der Waals surface area contributed by atoms with E-state index in [4.69, 9.17) is 5.73 Å². The number of non-ortho nitro benzene ring substituents is 1. The molecular formula is C13H19N3O3. The van der Waals surface area contributed by atoms with Crippen LogP contribution in [0.2, 0.25) is 0 Å². The molecule has 3 N–H and O–H groups in total. The maximum absolute atomic E-state index is 11.7. The summed E-state index contributed by atoms with van der Waals surface area (Å²) in [6, 6.07) is 4.38. The summed E-state index contributed by atoms with van der Waals surface area (Å²) < 4.78 is 0. The van der Waals surface area contributed by atoms with Crippen molar-refractivity contribution >= 4 is 17.3 Å². The number of nitrogens with zero attached hydrogens (tertiary/aromatic N) is 1. The number of carbonyl (C=O) groups is 1. The molecule has 6 heteroatoms. The van der Waals surface area contributed by atoms with Crippen molar-refractivity contribution in [1.82, 2.24) is 0 Å². The fourth-order valence-electron chi connectivity index (χ4n) is 1.61. The lowest BCUT2D eigenvalue weighted by Crippen LogP contribution is -2.16. The predicted octanol–water partition coefficient (Wildman–Crippen LogP) is 2.22. The minimum absolute atomic E-state index is 0.0206. The number of anilines is 1. The van der Waals surface area contributed by atoms with Crippen LogP contribution in [0.15, 0.2) is 18.2 Å². The zero-order chi connectivity index (χ0) is 14.4. The smallest absolute Gasteiger partial charge is 0.269 e. The van der Waals surface area contributed by atoms with Crippen LogP contribution in [0.5, 0.6) is 0 Å². The van der Waals surface area contributed by atoms with Gasteiger partial charge in [-0.1, -0.05) is 6.92 Å². The van der Waals surface area contributed by atoms with E-state index < -0.39 is 4.92 Å². The number of nitrogens with one attached hydrogen (secondary N) is 1. The number of hydrogen-bond donors (Lipinski definition) is 2. The van der Waals surface area contributed by atoms with E-state index in [1.807, 2.05) is 6.92 Å². The number of benzene rings is 1. The summed E-state index contributed by atoms with van der Waals surface area (Å²) in [5.74, 6) is 0.209. The standard InChI is InChI=1S/C13H19N3O3/c1-9(8-14)3-6-13(17)15-12-5-4-11(16(18)19)7-10(12)2/h4-5,7,9H,3,6,8,14H2,1-2H3,(H,15,17). The van der Waals surface area contributed by atoms with Gasteiger partial charge in [0.1, 0.15) is 0 Å². The van der Waals surface area contributed by atoms with E-state index in [1.54, 1.807) is 13.0 Å². The Labute approximate surface area is 112 Å². The number of carbonyl (C=O) groups excluding carboxylic acids is 1. The first-order valence-electron chi connectivity index (χ1n) is 6.19. The molecule has 6 nitrogen and oxygen atoms in total. The molecular weight excluding hydrogens is 246 g/mol. The molecule has 0 fully saturated rings. The highest BCUT2D eigenvalue weighted by Gasteiger charge is 2.11. The minimum atomic E-state index is -0.457. The zero-order valence-electron chi connectivity index (χ0n) is 11.2. The van der Waals surface area contributed by atoms with Crippen LogP contribution < -0.4 is 11.1 Å². The van der Waals surface area contributed by atoms with Crippen molar-refractivity contribution in [3.8, 4) is 0 Å². The molecule has 0 aliphatic heterocycles. The van der Waals surface area contributed by atoms with Gasteiger partial charge in [0, 0.05) is 24.2 Å². The number of rotatable bonds is 6. The van der Waals surface area contributed by atoms with Gasteiger partial charge in [-0.15, -0.1) is 0 Å². The van der Waals surface area contributed by atoms with Crippen LogP contribution in [0.3, 0.4) is 0 Å². The molecule has 0 heterocycles. The first kappa shape index (κ1) is 15.1. The highest BCUT2D eigenvalue weighted by Crippen LogP contribution is 2.21. The zero-order valence-corrected chi connectivity index (χ0v) is 11.2. The molecule has 19 heavy (non-hydrogen) atoms. The molecule has 0 radical (unpaired) electrons. The number of nitro benzene ring substituents is 1. The minimum Gasteiger partial charge on any atom is -0.330 e. The number of hydrogen-bond acceptors (Lipinski definition) is 4. The van der Waals surface area contributed by atoms with E-state index >= 15 is 0 Å². The van der Waals surface area contributed by atoms with E-state index in [0.29, 0.717) is 30.1 Å². The monoisotopic (exact) mass is 265 g/mol. The molecule has 0 saturated heterocycles. The number of nitrogens with two attached hydrogens (primary N) is 1. The van der Waals surface area contributed by atoms with Gasteiger partial charge in [0.15, 0.2) is 0 Å². The molecule has 0 spiro atoms. The van der Waals surface area contributed by atoms with Crippen molar-refractivity contribution in [3.05, 3.63) is 33.9 Å². The molecule has 0 bridgehead atoms. The second kappa shape index (κ2) is 6.84. The molecule has 0 saturated carbocycles. The molecule has 1 amide bonds. The highest BCUT2D eigenvalue weighted by atomic mass is 16.6. The Kier molecular flexibility index (Phi) is 5.44. The summed E-state index contributed by atoms with van der Waals surface area (Å²) >= 11 is 0. The van der Waals surface area contributed by atoms with E-state index in [0.717, 1.165) is 6.42 Å². The lowest BCUT2D eigenvalue weighted by molar-refractivity contribution is -0.384. The Bertz CT molecular complexity index is 474. The van der Waals surface area contributed by atoms with Crippen LogP contribution in [-0.4, -0.2) is 17.4 Å². The Morgan fingerprint density at radius 2 is 2.21 bits per heavy atom. The van der Waals surface area contributed by atoms with Crippen LogP contribution in [0.4, 0.5) is 11.4 Å². The molecule has 0 aliphatic carbocycles. The summed E-state index contributed by atoms with van der Waals surface area (Å²) in [7, 11) is 0. The van der Waals surface area contributed by atoms with E-state index in [-0.39, 0.29) is 11.6 Å². The van der Waals surface area contributed by atoms with Crippen molar-refractivity contribution in [2.75, 3.05) is 11.9 Å². The normalized spacial score (nSPS) is 11.9. The van der Waals surface area contributed by atoms with E-state index in [1.165, 1.54) is 12.1 Å². The van der Waals surface area contributed by atoms with Gasteiger partial charge in [0.25, 0.3) is 5.69 Å². The SMILES string of the molecule is Cc1cc([N+](=O)[O-])ccc1NC(=O)CCC(C)CN. The van der Waals surface area contributed by atoms with Gasteiger partial charge in [-0.3, -0.25) is 14.9 Å². The summed E-state index contributed by atoms with van der Waals surface area (Å²) in [5.41, 5.74) is 6.79. The van der Waals surface area contributed by atoms with Gasteiger partial charge in [0.2, 0.25) is 5.91 Å². The molecule has 0 aliphatic rings. The van der Waals surface area contributed by atoms with Crippen molar-refractivity contribution < 1.29 is 9.72 Å². The van der Waals surface area contributed by atoms with Gasteiger partial charge in [0.05, 0.1) is 4.92 Å². The lowest BCUT2D eigenvalue weighted by atomic mass is 10.1. The van der Waals surface area contributed by atoms with Gasteiger partial charge in [-0.05, 0) is 37.4 Å². The molecule has 1 aromatic rings. The Hall–Kier alpha value is -1.95. The third-order valence-corrected chi connectivity index (χ3v) is 2.96. The molecule has 1 unspecified atom stereocenters. The van der Waals surface area contributed by atoms with Gasteiger partial charge in [-0.25, -0.2) is 0 Å². The van der Waals surface area contributed by atoms with E-state index in [2.05, 4.69) is 5.32 Å². The van der Waals surface area contributed by atoms with Crippen molar-refractivity contribution in [2.24, 2.45) is 11.7 Å². The summed E-state index contributed by atoms with van der Waals surface area (Å²) in [5, 5.41) is 13.4. The van der Waals surface area contributed by atoms with Crippen molar-refractivity contribution in [3.63, 3.8) is 0 Å². The number of nitro groups is 1. The fourth-order valence-corrected chi connectivity index (χ4v) is 1.61. The van der Waals surface area contributed by atoms with Crippen LogP contribution >= 0.6 is 0 Å². The molecule has 1 atom stereocenters. The van der Waals surface area contributed by atoms with Crippen molar-refractivity contribution in [2.45, 2.75) is 26.7 Å². The molecule has 104 valence electrons. The topological polar surface area (TPSA) is 98.3 Å². The van der Waals surface area contributed by atoms with Crippen LogP contribution in [0.1, 0.15) is 25.3 Å². The molecule has 1 rings (SSSR count). The van der Waals surface area contributed by atoms with Crippen LogP contribution in [-0.2, 0) is 4.79 Å². The first-order chi connectivity index (χ1) is 8.93. The number of amides is 1. The summed E-state index contributed by atoms with van der Waals surface area (Å²) in [6.07, 6.45) is 1.13. The maximum Gasteiger partial charge on any atom is 0.269 e.